The highest BCUT2D eigenvalue weighted by Crippen LogP contribution is 2.31. The van der Waals surface area contributed by atoms with Gasteiger partial charge >= 0.3 is 0 Å². The largest absolute Gasteiger partial charge is 0.382 e. The molecular weight excluding hydrogens is 441 g/mol. The zero-order valence-electron chi connectivity index (χ0n) is 16.7. The van der Waals surface area contributed by atoms with Crippen LogP contribution in [0.1, 0.15) is 39.2 Å². The predicted octanol–water partition coefficient (Wildman–Crippen LogP) is 3.58. The normalized spacial score (nSPS) is 11.8. The van der Waals surface area contributed by atoms with Crippen molar-refractivity contribution in [2.45, 2.75) is 39.0 Å². The molecule has 26 heavy (non-hydrogen) atoms. The Hall–Kier alpha value is -0.860. The van der Waals surface area contributed by atoms with Gasteiger partial charge < -0.3 is 20.1 Å². The van der Waals surface area contributed by atoms with Crippen molar-refractivity contribution in [2.24, 2.45) is 4.99 Å². The Balaban J connectivity index is 0.00000625. The fourth-order valence-electron chi connectivity index (χ4n) is 2.82. The van der Waals surface area contributed by atoms with Crippen molar-refractivity contribution in [1.29, 1.82) is 0 Å². The quantitative estimate of drug-likeness (QED) is 0.209. The van der Waals surface area contributed by atoms with Gasteiger partial charge in [-0.1, -0.05) is 44.2 Å². The molecule has 0 saturated carbocycles. The number of aliphatic imine (C=N–C) groups is 1. The number of hydrogen-bond donors (Lipinski definition) is 2. The zero-order chi connectivity index (χ0) is 18.4. The maximum Gasteiger partial charge on any atom is 0.191 e. The van der Waals surface area contributed by atoms with Gasteiger partial charge in [0.25, 0.3) is 0 Å². The van der Waals surface area contributed by atoms with E-state index < -0.39 is 0 Å². The third-order valence-corrected chi connectivity index (χ3v) is 4.59. The lowest BCUT2D eigenvalue weighted by atomic mass is 9.76. The second-order valence-corrected chi connectivity index (χ2v) is 6.08. The Morgan fingerprint density at radius 1 is 1.00 bits per heavy atom. The van der Waals surface area contributed by atoms with Crippen LogP contribution in [0.3, 0.4) is 0 Å². The molecule has 6 heteroatoms. The van der Waals surface area contributed by atoms with Crippen LogP contribution in [0, 0.1) is 0 Å². The summed E-state index contributed by atoms with van der Waals surface area (Å²) >= 11 is 0. The average molecular weight is 477 g/mol. The monoisotopic (exact) mass is 477 g/mol. The summed E-state index contributed by atoms with van der Waals surface area (Å²) in [4.78, 5) is 4.85. The summed E-state index contributed by atoms with van der Waals surface area (Å²) in [6.07, 6.45) is 2.13. The van der Waals surface area contributed by atoms with Crippen LogP contribution in [0.5, 0.6) is 0 Å². The first kappa shape index (κ1) is 25.1. The molecular formula is C20H36IN3O2. The number of rotatable bonds is 12. The summed E-state index contributed by atoms with van der Waals surface area (Å²) in [5.74, 6) is 0.847. The van der Waals surface area contributed by atoms with E-state index in [1.54, 1.807) is 7.11 Å². The lowest BCUT2D eigenvalue weighted by Crippen LogP contribution is -2.40. The minimum atomic E-state index is 0. The van der Waals surface area contributed by atoms with E-state index in [-0.39, 0.29) is 29.4 Å². The highest BCUT2D eigenvalue weighted by atomic mass is 127. The fourth-order valence-corrected chi connectivity index (χ4v) is 2.82. The van der Waals surface area contributed by atoms with E-state index in [1.165, 1.54) is 5.56 Å². The van der Waals surface area contributed by atoms with Gasteiger partial charge in [-0.15, -0.1) is 24.0 Å². The second-order valence-electron chi connectivity index (χ2n) is 6.08. The van der Waals surface area contributed by atoms with Gasteiger partial charge in [-0.2, -0.15) is 0 Å². The van der Waals surface area contributed by atoms with Crippen molar-refractivity contribution < 1.29 is 9.47 Å². The first-order valence-corrected chi connectivity index (χ1v) is 9.36. The number of ether oxygens (including phenoxy) is 2. The first-order valence-electron chi connectivity index (χ1n) is 9.36. The van der Waals surface area contributed by atoms with Gasteiger partial charge in [0.05, 0.1) is 26.4 Å². The van der Waals surface area contributed by atoms with Crippen molar-refractivity contribution in [2.75, 3.05) is 46.6 Å². The van der Waals surface area contributed by atoms with E-state index in [4.69, 9.17) is 14.5 Å². The standard InChI is InChI=1S/C20H35N3O2.HI/c1-5-20(6-2,18-11-9-8-10-12-18)17-23-19(21-7-3)22-13-14-25-16-15-24-4;/h8-12H,5-7,13-17H2,1-4H3,(H2,21,22,23);1H. The minimum absolute atomic E-state index is 0. The molecule has 0 saturated heterocycles. The topological polar surface area (TPSA) is 54.9 Å². The van der Waals surface area contributed by atoms with Crippen LogP contribution in [-0.2, 0) is 14.9 Å². The third-order valence-electron chi connectivity index (χ3n) is 4.59. The summed E-state index contributed by atoms with van der Waals surface area (Å²) in [6, 6.07) is 10.7. The molecule has 0 bridgehead atoms. The van der Waals surface area contributed by atoms with E-state index in [0.29, 0.717) is 19.8 Å². The summed E-state index contributed by atoms with van der Waals surface area (Å²) in [6.45, 7) is 10.8. The highest BCUT2D eigenvalue weighted by molar-refractivity contribution is 14.0. The number of benzene rings is 1. The van der Waals surface area contributed by atoms with Crippen molar-refractivity contribution in [3.05, 3.63) is 35.9 Å². The van der Waals surface area contributed by atoms with Gasteiger partial charge in [-0.3, -0.25) is 4.99 Å². The van der Waals surface area contributed by atoms with Gasteiger partial charge in [-0.25, -0.2) is 0 Å². The van der Waals surface area contributed by atoms with Gasteiger partial charge in [0.15, 0.2) is 5.96 Å². The summed E-state index contributed by atoms with van der Waals surface area (Å²) in [5.41, 5.74) is 1.45. The molecule has 5 nitrogen and oxygen atoms in total. The molecule has 1 aromatic rings. The molecule has 0 radical (unpaired) electrons. The lowest BCUT2D eigenvalue weighted by Gasteiger charge is -2.31. The van der Waals surface area contributed by atoms with E-state index in [0.717, 1.165) is 38.4 Å². The van der Waals surface area contributed by atoms with Gasteiger partial charge in [-0.05, 0) is 25.3 Å². The van der Waals surface area contributed by atoms with Crippen LogP contribution in [0.25, 0.3) is 0 Å². The second kappa shape index (κ2) is 15.2. The van der Waals surface area contributed by atoms with Crippen molar-refractivity contribution in [1.82, 2.24) is 10.6 Å². The molecule has 0 aliphatic heterocycles. The SMILES string of the molecule is CCNC(=NCC(CC)(CC)c1ccccc1)NCCOCCOC.I. The predicted molar refractivity (Wildman–Crippen MR) is 121 cm³/mol. The molecule has 1 rings (SSSR count). The van der Waals surface area contributed by atoms with Crippen molar-refractivity contribution in [3.63, 3.8) is 0 Å². The van der Waals surface area contributed by atoms with Gasteiger partial charge in [0, 0.05) is 25.6 Å². The lowest BCUT2D eigenvalue weighted by molar-refractivity contribution is 0.0733. The summed E-state index contributed by atoms with van der Waals surface area (Å²) in [7, 11) is 1.68. The first-order chi connectivity index (χ1) is 12.2. The van der Waals surface area contributed by atoms with Gasteiger partial charge in [0.1, 0.15) is 0 Å². The maximum atomic E-state index is 5.49. The number of guanidine groups is 1. The summed E-state index contributed by atoms with van der Waals surface area (Å²) < 4.78 is 10.5. The highest BCUT2D eigenvalue weighted by Gasteiger charge is 2.28. The fraction of sp³-hybridized carbons (Fsp3) is 0.650. The molecule has 0 amide bonds. The Labute approximate surface area is 176 Å². The van der Waals surface area contributed by atoms with Crippen LogP contribution in [0.15, 0.2) is 35.3 Å². The van der Waals surface area contributed by atoms with Crippen molar-refractivity contribution in [3.8, 4) is 0 Å². The third kappa shape index (κ3) is 8.68. The number of hydrogen-bond acceptors (Lipinski definition) is 3. The molecule has 2 N–H and O–H groups in total. The van der Waals surface area contributed by atoms with E-state index >= 15 is 0 Å². The van der Waals surface area contributed by atoms with E-state index in [2.05, 4.69) is 61.7 Å². The van der Waals surface area contributed by atoms with Gasteiger partial charge in [0.2, 0.25) is 0 Å². The molecule has 0 atom stereocenters. The summed E-state index contributed by atoms with van der Waals surface area (Å²) in [5, 5.41) is 6.66. The molecule has 150 valence electrons. The average Bonchev–Trinajstić information content (AvgIpc) is 2.66. The molecule has 0 heterocycles. The van der Waals surface area contributed by atoms with Crippen LogP contribution in [0.2, 0.25) is 0 Å². The number of nitrogens with zero attached hydrogens (tertiary/aromatic N) is 1. The van der Waals surface area contributed by atoms with Crippen LogP contribution < -0.4 is 10.6 Å². The molecule has 1 aromatic carbocycles. The van der Waals surface area contributed by atoms with Crippen LogP contribution in [0.4, 0.5) is 0 Å². The Kier molecular flexibility index (Phi) is 14.7. The smallest absolute Gasteiger partial charge is 0.191 e. The minimum Gasteiger partial charge on any atom is -0.382 e. The van der Waals surface area contributed by atoms with Crippen molar-refractivity contribution >= 4 is 29.9 Å². The van der Waals surface area contributed by atoms with Crippen LogP contribution in [-0.4, -0.2) is 52.5 Å². The molecule has 0 unspecified atom stereocenters. The molecule has 0 fully saturated rings. The number of nitrogens with one attached hydrogen (secondary N) is 2. The Morgan fingerprint density at radius 2 is 1.69 bits per heavy atom. The molecule has 0 aromatic heterocycles. The molecule has 0 aliphatic carbocycles. The molecule has 0 aliphatic rings. The van der Waals surface area contributed by atoms with Crippen LogP contribution >= 0.6 is 24.0 Å². The zero-order valence-corrected chi connectivity index (χ0v) is 19.0. The van der Waals surface area contributed by atoms with E-state index in [1.807, 2.05) is 0 Å². The Bertz CT molecular complexity index is 479. The Morgan fingerprint density at radius 3 is 2.27 bits per heavy atom. The number of halogens is 1. The maximum absolute atomic E-state index is 5.49. The van der Waals surface area contributed by atoms with E-state index in [9.17, 15) is 0 Å². The molecule has 0 spiro atoms. The number of methoxy groups -OCH3 is 1.